The van der Waals surface area contributed by atoms with E-state index in [0.717, 1.165) is 22.7 Å². The van der Waals surface area contributed by atoms with Gasteiger partial charge in [0.25, 0.3) is 0 Å². The molecule has 0 amide bonds. The molecule has 0 saturated heterocycles. The summed E-state index contributed by atoms with van der Waals surface area (Å²) >= 11 is 3.53. The van der Waals surface area contributed by atoms with Gasteiger partial charge in [0, 0.05) is 23.1 Å². The summed E-state index contributed by atoms with van der Waals surface area (Å²) in [6, 6.07) is 6.34. The van der Waals surface area contributed by atoms with Crippen molar-refractivity contribution in [1.82, 2.24) is 4.90 Å². The van der Waals surface area contributed by atoms with Crippen LogP contribution in [0.3, 0.4) is 0 Å². The Bertz CT molecular complexity index is 421. The number of hydrogen-bond donors (Lipinski definition) is 1. The van der Waals surface area contributed by atoms with Crippen molar-refractivity contribution in [2.45, 2.75) is 25.3 Å². The van der Waals surface area contributed by atoms with Crippen molar-refractivity contribution < 1.29 is 4.74 Å². The van der Waals surface area contributed by atoms with Gasteiger partial charge in [-0.2, -0.15) is 0 Å². The van der Waals surface area contributed by atoms with Crippen LogP contribution in [0.25, 0.3) is 0 Å². The third-order valence-electron chi connectivity index (χ3n) is 4.08. The molecule has 1 saturated carbocycles. The maximum Gasteiger partial charge on any atom is 0.123 e. The van der Waals surface area contributed by atoms with E-state index in [1.54, 1.807) is 7.11 Å². The fourth-order valence-electron chi connectivity index (χ4n) is 2.72. The number of likely N-dealkylation sites (N-methyl/N-ethyl adjacent to an activating group) is 1. The molecule has 1 aromatic rings. The molecule has 0 spiro atoms. The highest BCUT2D eigenvalue weighted by Crippen LogP contribution is 2.33. The molecule has 0 heterocycles. The van der Waals surface area contributed by atoms with Crippen molar-refractivity contribution in [1.29, 1.82) is 0 Å². The highest BCUT2D eigenvalue weighted by molar-refractivity contribution is 9.10. The van der Waals surface area contributed by atoms with Crippen LogP contribution >= 0.6 is 15.9 Å². The molecular formula is C15H23BrN2O. The lowest BCUT2D eigenvalue weighted by Gasteiger charge is -2.35. The highest BCUT2D eigenvalue weighted by atomic mass is 79.9. The number of ether oxygens (including phenoxy) is 1. The molecule has 1 unspecified atom stereocenters. The van der Waals surface area contributed by atoms with E-state index in [0.29, 0.717) is 6.54 Å². The number of methoxy groups -OCH3 is 1. The second-order valence-corrected chi connectivity index (χ2v) is 6.29. The lowest BCUT2D eigenvalue weighted by Crippen LogP contribution is -2.36. The molecule has 1 fully saturated rings. The Balaban J connectivity index is 2.17. The molecule has 0 aromatic heterocycles. The monoisotopic (exact) mass is 326 g/mol. The zero-order valence-corrected chi connectivity index (χ0v) is 13.3. The first-order chi connectivity index (χ1) is 9.15. The Morgan fingerprint density at radius 1 is 1.47 bits per heavy atom. The summed E-state index contributed by atoms with van der Waals surface area (Å²) in [6.07, 6.45) is 4.10. The third-order valence-corrected chi connectivity index (χ3v) is 4.57. The molecule has 0 aliphatic heterocycles. The Kier molecular flexibility index (Phi) is 5.25. The van der Waals surface area contributed by atoms with Crippen LogP contribution in [-0.4, -0.2) is 32.1 Å². The second kappa shape index (κ2) is 6.73. The zero-order chi connectivity index (χ0) is 13.8. The summed E-state index contributed by atoms with van der Waals surface area (Å²) in [4.78, 5) is 2.37. The van der Waals surface area contributed by atoms with E-state index in [4.69, 9.17) is 10.5 Å². The van der Waals surface area contributed by atoms with Crippen LogP contribution in [0.1, 0.15) is 30.9 Å². The summed E-state index contributed by atoms with van der Waals surface area (Å²) in [6.45, 7) is 1.73. The Hall–Kier alpha value is -0.580. The molecular weight excluding hydrogens is 304 g/mol. The van der Waals surface area contributed by atoms with Crippen molar-refractivity contribution >= 4 is 15.9 Å². The van der Waals surface area contributed by atoms with Gasteiger partial charge in [-0.05, 0) is 44.0 Å². The van der Waals surface area contributed by atoms with Crippen molar-refractivity contribution in [3.05, 3.63) is 28.2 Å². The molecule has 1 aromatic carbocycles. The van der Waals surface area contributed by atoms with Gasteiger partial charge >= 0.3 is 0 Å². The molecule has 0 bridgehead atoms. The van der Waals surface area contributed by atoms with E-state index in [1.165, 1.54) is 24.8 Å². The van der Waals surface area contributed by atoms with E-state index < -0.39 is 0 Å². The maximum atomic E-state index is 6.00. The quantitative estimate of drug-likeness (QED) is 0.872. The molecule has 2 N–H and O–H groups in total. The minimum absolute atomic E-state index is 0.216. The number of rotatable bonds is 6. The topological polar surface area (TPSA) is 38.5 Å². The molecule has 1 aliphatic carbocycles. The normalized spacial score (nSPS) is 17.3. The fraction of sp³-hybridized carbons (Fsp3) is 0.600. The average molecular weight is 327 g/mol. The van der Waals surface area contributed by atoms with Gasteiger partial charge < -0.3 is 10.5 Å². The summed E-state index contributed by atoms with van der Waals surface area (Å²) < 4.78 is 6.54. The number of nitrogens with two attached hydrogens (primary N) is 1. The molecule has 1 aliphatic rings. The summed E-state index contributed by atoms with van der Waals surface area (Å²) in [5, 5.41) is 0. The molecule has 1 atom stereocenters. The molecule has 106 valence electrons. The maximum absolute atomic E-state index is 6.00. The van der Waals surface area contributed by atoms with Crippen LogP contribution in [-0.2, 0) is 0 Å². The first-order valence-corrected chi connectivity index (χ1v) is 7.68. The van der Waals surface area contributed by atoms with Crippen LogP contribution < -0.4 is 10.5 Å². The Morgan fingerprint density at radius 3 is 2.74 bits per heavy atom. The minimum atomic E-state index is 0.216. The van der Waals surface area contributed by atoms with Crippen molar-refractivity contribution in [2.24, 2.45) is 11.7 Å². The summed E-state index contributed by atoms with van der Waals surface area (Å²) in [7, 11) is 3.88. The van der Waals surface area contributed by atoms with Crippen molar-refractivity contribution in [2.75, 3.05) is 27.2 Å². The minimum Gasteiger partial charge on any atom is -0.496 e. The van der Waals surface area contributed by atoms with Crippen LogP contribution in [0.2, 0.25) is 0 Å². The van der Waals surface area contributed by atoms with Gasteiger partial charge in [0.1, 0.15) is 5.75 Å². The lowest BCUT2D eigenvalue weighted by molar-refractivity contribution is 0.163. The standard InChI is InChI=1S/C15H23BrN2O/c1-18(10-11-4-3-5-11)14(9-17)13-8-12(16)6-7-15(13)19-2/h6-8,11,14H,3-5,9-10,17H2,1-2H3. The predicted octanol–water partition coefficient (Wildman–Crippen LogP) is 3.19. The third kappa shape index (κ3) is 3.50. The number of halogens is 1. The van der Waals surface area contributed by atoms with Gasteiger partial charge in [0.05, 0.1) is 13.2 Å². The van der Waals surface area contributed by atoms with E-state index in [2.05, 4.69) is 33.9 Å². The van der Waals surface area contributed by atoms with Crippen LogP contribution in [0.4, 0.5) is 0 Å². The average Bonchev–Trinajstić information content (AvgIpc) is 2.35. The number of nitrogens with zero attached hydrogens (tertiary/aromatic N) is 1. The smallest absolute Gasteiger partial charge is 0.123 e. The molecule has 19 heavy (non-hydrogen) atoms. The summed E-state index contributed by atoms with van der Waals surface area (Å²) in [5.74, 6) is 1.76. The fourth-order valence-corrected chi connectivity index (χ4v) is 3.10. The van der Waals surface area contributed by atoms with Gasteiger partial charge in [-0.25, -0.2) is 0 Å². The van der Waals surface area contributed by atoms with Gasteiger partial charge in [-0.15, -0.1) is 0 Å². The lowest BCUT2D eigenvalue weighted by atomic mass is 9.84. The molecule has 0 radical (unpaired) electrons. The highest BCUT2D eigenvalue weighted by Gasteiger charge is 2.25. The van der Waals surface area contributed by atoms with Crippen LogP contribution in [0, 0.1) is 5.92 Å². The van der Waals surface area contributed by atoms with E-state index >= 15 is 0 Å². The summed E-state index contributed by atoms with van der Waals surface area (Å²) in [5.41, 5.74) is 7.17. The van der Waals surface area contributed by atoms with Crippen LogP contribution in [0.5, 0.6) is 5.75 Å². The SMILES string of the molecule is COc1ccc(Br)cc1C(CN)N(C)CC1CCC1. The van der Waals surface area contributed by atoms with Gasteiger partial charge in [-0.1, -0.05) is 22.4 Å². The Labute approximate surface area is 124 Å². The second-order valence-electron chi connectivity index (χ2n) is 5.37. The van der Waals surface area contributed by atoms with Crippen molar-refractivity contribution in [3.8, 4) is 5.75 Å². The van der Waals surface area contributed by atoms with E-state index in [1.807, 2.05) is 12.1 Å². The Morgan fingerprint density at radius 2 is 2.21 bits per heavy atom. The van der Waals surface area contributed by atoms with Gasteiger partial charge in [0.2, 0.25) is 0 Å². The van der Waals surface area contributed by atoms with Crippen LogP contribution in [0.15, 0.2) is 22.7 Å². The van der Waals surface area contributed by atoms with Crippen molar-refractivity contribution in [3.63, 3.8) is 0 Å². The van der Waals surface area contributed by atoms with Gasteiger partial charge in [-0.3, -0.25) is 4.90 Å². The molecule has 2 rings (SSSR count). The number of hydrogen-bond acceptors (Lipinski definition) is 3. The number of benzene rings is 1. The van der Waals surface area contributed by atoms with Gasteiger partial charge in [0.15, 0.2) is 0 Å². The first kappa shape index (κ1) is 14.8. The first-order valence-electron chi connectivity index (χ1n) is 6.89. The predicted molar refractivity (Wildman–Crippen MR) is 82.5 cm³/mol. The molecule has 3 nitrogen and oxygen atoms in total. The van der Waals surface area contributed by atoms with E-state index in [9.17, 15) is 0 Å². The largest absolute Gasteiger partial charge is 0.496 e. The van der Waals surface area contributed by atoms with E-state index in [-0.39, 0.29) is 6.04 Å². The molecule has 4 heteroatoms. The zero-order valence-electron chi connectivity index (χ0n) is 11.7.